The zero-order valence-electron chi connectivity index (χ0n) is 18.4. The molecule has 1 aromatic carbocycles. The quantitative estimate of drug-likeness (QED) is 0.533. The number of Topliss-reactive ketones (excluding diaryl/α,β-unsaturated/α-hetero) is 2. The lowest BCUT2D eigenvalue weighted by Crippen LogP contribution is -2.44. The zero-order valence-corrected chi connectivity index (χ0v) is 19.2. The van der Waals surface area contributed by atoms with E-state index in [0.29, 0.717) is 17.7 Å². The largest absolute Gasteiger partial charge is 0.508 e. The molecular weight excluding hydrogens is 430 g/mol. The second kappa shape index (κ2) is 7.78. The summed E-state index contributed by atoms with van der Waals surface area (Å²) >= 11 is 0. The fourth-order valence-electron chi connectivity index (χ4n) is 4.11. The highest BCUT2D eigenvalue weighted by Gasteiger charge is 2.47. The van der Waals surface area contributed by atoms with Crippen LogP contribution in [0.2, 0.25) is 0 Å². The number of phenolic OH excluding ortho intramolecular Hbond substituents is 1. The molecule has 2 heterocycles. The van der Waals surface area contributed by atoms with Crippen LogP contribution in [0.1, 0.15) is 38.8 Å². The fourth-order valence-corrected chi connectivity index (χ4v) is 5.55. The molecule has 3 aliphatic rings. The molecule has 0 bridgehead atoms. The Kier molecular flexibility index (Phi) is 5.36. The summed E-state index contributed by atoms with van der Waals surface area (Å²) in [7, 11) is -3.90. The Labute approximate surface area is 187 Å². The first-order valence-corrected chi connectivity index (χ1v) is 12.0. The molecule has 0 fully saturated rings. The van der Waals surface area contributed by atoms with Crippen LogP contribution in [-0.2, 0) is 25.8 Å². The van der Waals surface area contributed by atoms with Gasteiger partial charge in [0.15, 0.2) is 9.84 Å². The summed E-state index contributed by atoms with van der Waals surface area (Å²) in [6.07, 6.45) is 3.23. The normalized spacial score (nSPS) is 21.1. The van der Waals surface area contributed by atoms with Gasteiger partial charge in [0.2, 0.25) is 11.6 Å². The first kappa shape index (κ1) is 22.1. The average Bonchev–Trinajstić information content (AvgIpc) is 2.68. The van der Waals surface area contributed by atoms with E-state index in [-0.39, 0.29) is 40.5 Å². The van der Waals surface area contributed by atoms with E-state index in [9.17, 15) is 23.1 Å². The lowest BCUT2D eigenvalue weighted by Gasteiger charge is -2.34. The van der Waals surface area contributed by atoms with Crippen molar-refractivity contribution < 1.29 is 27.9 Å². The van der Waals surface area contributed by atoms with Crippen molar-refractivity contribution in [2.45, 2.75) is 40.2 Å². The molecule has 4 rings (SSSR count). The third-order valence-electron chi connectivity index (χ3n) is 5.59. The van der Waals surface area contributed by atoms with E-state index in [1.54, 1.807) is 12.1 Å². The monoisotopic (exact) mass is 455 g/mol. The van der Waals surface area contributed by atoms with Gasteiger partial charge in [-0.3, -0.25) is 9.59 Å². The molecular formula is C24H25NO6S. The molecule has 7 nitrogen and oxygen atoms in total. The molecule has 32 heavy (non-hydrogen) atoms. The topological polar surface area (TPSA) is 110 Å². The molecule has 0 amide bonds. The molecule has 2 aliphatic heterocycles. The van der Waals surface area contributed by atoms with Crippen molar-refractivity contribution in [1.82, 2.24) is 5.32 Å². The van der Waals surface area contributed by atoms with Gasteiger partial charge < -0.3 is 15.2 Å². The number of benzene rings is 1. The molecule has 1 atom stereocenters. The van der Waals surface area contributed by atoms with E-state index >= 15 is 0 Å². The molecule has 1 aromatic rings. The summed E-state index contributed by atoms with van der Waals surface area (Å²) in [6.45, 7) is 7.62. The Bertz CT molecular complexity index is 1290. The molecule has 0 radical (unpaired) electrons. The summed E-state index contributed by atoms with van der Waals surface area (Å²) in [5, 5.41) is 13.4. The van der Waals surface area contributed by atoms with Gasteiger partial charge in [-0.1, -0.05) is 17.2 Å². The number of allylic oxidation sites excluding steroid dienone is 5. The van der Waals surface area contributed by atoms with Crippen LogP contribution in [0.3, 0.4) is 0 Å². The summed E-state index contributed by atoms with van der Waals surface area (Å²) in [5.74, 6) is -1.23. The van der Waals surface area contributed by atoms with E-state index in [2.05, 4.69) is 5.32 Å². The van der Waals surface area contributed by atoms with Crippen molar-refractivity contribution in [3.63, 3.8) is 0 Å². The number of aromatic hydroxyl groups is 1. The number of fused-ring (bicyclic) bond motifs is 2. The molecule has 168 valence electrons. The van der Waals surface area contributed by atoms with Gasteiger partial charge in [0.25, 0.3) is 0 Å². The highest BCUT2D eigenvalue weighted by atomic mass is 32.2. The Morgan fingerprint density at radius 3 is 2.53 bits per heavy atom. The Hall–Kier alpha value is -3.13. The van der Waals surface area contributed by atoms with Crippen LogP contribution >= 0.6 is 0 Å². The van der Waals surface area contributed by atoms with Gasteiger partial charge in [0.05, 0.1) is 11.3 Å². The number of hydrogen-bond donors (Lipinski definition) is 2. The smallest absolute Gasteiger partial charge is 0.211 e. The van der Waals surface area contributed by atoms with Gasteiger partial charge in [0, 0.05) is 23.2 Å². The third-order valence-corrected chi connectivity index (χ3v) is 7.34. The second-order valence-corrected chi connectivity index (χ2v) is 10.7. The van der Waals surface area contributed by atoms with Crippen molar-refractivity contribution in [3.8, 4) is 11.5 Å². The van der Waals surface area contributed by atoms with E-state index in [1.807, 2.05) is 33.8 Å². The molecule has 0 aromatic heterocycles. The first-order valence-electron chi connectivity index (χ1n) is 10.4. The highest BCUT2D eigenvalue weighted by Crippen LogP contribution is 2.45. The minimum atomic E-state index is -3.90. The van der Waals surface area contributed by atoms with Crippen LogP contribution in [0, 0.1) is 0 Å². The standard InChI is InChI=1S/C24H25NO6S/c1-12(2)5-6-14-10-17-15(11-16(14)26)19-20(18(31-17)9-13(3)4)23(28)24-21(22(19)27)25-7-8-32(24,29)30/h5,9-11,18,25-26H,6-8H2,1-4H3. The summed E-state index contributed by atoms with van der Waals surface area (Å²) in [5.41, 5.74) is 2.71. The van der Waals surface area contributed by atoms with E-state index in [4.69, 9.17) is 4.74 Å². The van der Waals surface area contributed by atoms with Crippen LogP contribution in [0.25, 0.3) is 5.57 Å². The summed E-state index contributed by atoms with van der Waals surface area (Å²) in [4.78, 5) is 26.4. The number of hydrogen-bond acceptors (Lipinski definition) is 7. The number of ether oxygens (including phenoxy) is 1. The summed E-state index contributed by atoms with van der Waals surface area (Å²) in [6, 6.07) is 3.10. The zero-order chi connectivity index (χ0) is 23.4. The molecule has 8 heteroatoms. The van der Waals surface area contributed by atoms with Crippen molar-refractivity contribution >= 4 is 27.0 Å². The second-order valence-electron chi connectivity index (χ2n) is 8.64. The maximum atomic E-state index is 13.5. The van der Waals surface area contributed by atoms with E-state index in [0.717, 1.165) is 11.1 Å². The van der Waals surface area contributed by atoms with Crippen LogP contribution < -0.4 is 10.1 Å². The lowest BCUT2D eigenvalue weighted by atomic mass is 9.81. The number of carbonyl (C=O) groups is 2. The molecule has 0 saturated heterocycles. The highest BCUT2D eigenvalue weighted by molar-refractivity contribution is 7.96. The Morgan fingerprint density at radius 2 is 1.88 bits per heavy atom. The Balaban J connectivity index is 1.95. The van der Waals surface area contributed by atoms with Crippen molar-refractivity contribution in [2.75, 3.05) is 12.3 Å². The number of ketones is 2. The van der Waals surface area contributed by atoms with Crippen LogP contribution in [0.5, 0.6) is 11.5 Å². The van der Waals surface area contributed by atoms with Gasteiger partial charge >= 0.3 is 0 Å². The van der Waals surface area contributed by atoms with Gasteiger partial charge in [-0.25, -0.2) is 8.42 Å². The minimum Gasteiger partial charge on any atom is -0.508 e. The molecule has 0 saturated carbocycles. The minimum absolute atomic E-state index is 0.00817. The first-order chi connectivity index (χ1) is 15.0. The average molecular weight is 456 g/mol. The number of sulfone groups is 1. The maximum Gasteiger partial charge on any atom is 0.211 e. The van der Waals surface area contributed by atoms with E-state index < -0.39 is 32.4 Å². The van der Waals surface area contributed by atoms with Crippen molar-refractivity contribution in [2.24, 2.45) is 0 Å². The van der Waals surface area contributed by atoms with Crippen molar-refractivity contribution in [3.05, 3.63) is 62.7 Å². The molecule has 1 unspecified atom stereocenters. The van der Waals surface area contributed by atoms with Crippen molar-refractivity contribution in [1.29, 1.82) is 0 Å². The summed E-state index contributed by atoms with van der Waals surface area (Å²) < 4.78 is 31.4. The number of nitrogens with one attached hydrogen (secondary N) is 1. The fraction of sp³-hybridized carbons (Fsp3) is 0.333. The molecule has 0 spiro atoms. The predicted molar refractivity (Wildman–Crippen MR) is 121 cm³/mol. The van der Waals surface area contributed by atoms with Gasteiger partial charge in [-0.2, -0.15) is 0 Å². The number of carbonyl (C=O) groups excluding carboxylic acids is 2. The van der Waals surface area contributed by atoms with Gasteiger partial charge in [0.1, 0.15) is 28.2 Å². The Morgan fingerprint density at radius 1 is 1.16 bits per heavy atom. The van der Waals surface area contributed by atoms with Gasteiger partial charge in [-0.05, 0) is 52.3 Å². The third kappa shape index (κ3) is 3.58. The molecule has 1 aliphatic carbocycles. The van der Waals surface area contributed by atoms with Crippen LogP contribution in [0.4, 0.5) is 0 Å². The van der Waals surface area contributed by atoms with Crippen LogP contribution in [-0.4, -0.2) is 43.5 Å². The predicted octanol–water partition coefficient (Wildman–Crippen LogP) is 2.76. The number of phenols is 1. The maximum absolute atomic E-state index is 13.5. The van der Waals surface area contributed by atoms with Crippen LogP contribution in [0.15, 0.2) is 51.6 Å². The molecule has 2 N–H and O–H groups in total. The van der Waals surface area contributed by atoms with E-state index in [1.165, 1.54) is 6.07 Å². The number of rotatable bonds is 3. The SMILES string of the molecule is CC(C)=CCc1cc2c(cc1O)C1=C(C(=O)C3=C(NCCS3(=O)=O)C1=O)C(C=C(C)C)O2. The lowest BCUT2D eigenvalue weighted by molar-refractivity contribution is -0.115. The van der Waals surface area contributed by atoms with Gasteiger partial charge in [-0.15, -0.1) is 0 Å².